The van der Waals surface area contributed by atoms with Crippen LogP contribution in [-0.2, 0) is 0 Å². The van der Waals surface area contributed by atoms with Crippen LogP contribution in [0.1, 0.15) is 10.4 Å². The molecule has 112 valence electrons. The molecule has 0 spiro atoms. The van der Waals surface area contributed by atoms with Gasteiger partial charge in [-0.2, -0.15) is 0 Å². The van der Waals surface area contributed by atoms with E-state index in [1.807, 2.05) is 11.0 Å². The molecule has 0 atom stereocenters. The minimum Gasteiger partial charge on any atom is -0.496 e. The molecule has 0 saturated carbocycles. The van der Waals surface area contributed by atoms with Crippen molar-refractivity contribution in [3.05, 3.63) is 28.4 Å². The van der Waals surface area contributed by atoms with Gasteiger partial charge < -0.3 is 19.0 Å². The molecule has 1 aliphatic heterocycles. The van der Waals surface area contributed by atoms with Crippen LogP contribution in [0.4, 0.5) is 0 Å². The molecule has 1 aromatic carbocycles. The van der Waals surface area contributed by atoms with Crippen LogP contribution in [0.2, 0.25) is 0 Å². The minimum absolute atomic E-state index is 0.0239. The highest BCUT2D eigenvalue weighted by atomic mass is 79.9. The highest BCUT2D eigenvalue weighted by Crippen LogP contribution is 2.32. The number of fused-ring (bicyclic) bond motifs is 1. The van der Waals surface area contributed by atoms with E-state index in [2.05, 4.69) is 27.9 Å². The van der Waals surface area contributed by atoms with Gasteiger partial charge in [0.2, 0.25) is 0 Å². The maximum atomic E-state index is 12.6. The van der Waals surface area contributed by atoms with Crippen molar-refractivity contribution < 1.29 is 13.9 Å². The maximum absolute atomic E-state index is 12.6. The molecule has 3 rings (SSSR count). The molecule has 2 aromatic rings. The van der Waals surface area contributed by atoms with Crippen molar-refractivity contribution >= 4 is 32.8 Å². The number of carbonyl (C=O) groups excluding carboxylic acids is 1. The number of nitrogens with zero attached hydrogens (tertiary/aromatic N) is 2. The van der Waals surface area contributed by atoms with Crippen LogP contribution in [-0.4, -0.2) is 56.0 Å². The van der Waals surface area contributed by atoms with Gasteiger partial charge in [0.05, 0.1) is 12.5 Å². The lowest BCUT2D eigenvalue weighted by Crippen LogP contribution is -2.47. The number of methoxy groups -OCH3 is 1. The Morgan fingerprint density at radius 3 is 2.62 bits per heavy atom. The molecule has 6 heteroatoms. The molecule has 1 saturated heterocycles. The number of benzene rings is 1. The maximum Gasteiger partial charge on any atom is 0.254 e. The summed E-state index contributed by atoms with van der Waals surface area (Å²) in [5.74, 6) is 0.676. The second kappa shape index (κ2) is 5.69. The van der Waals surface area contributed by atoms with Crippen LogP contribution in [0.5, 0.6) is 5.75 Å². The monoisotopic (exact) mass is 352 g/mol. The minimum atomic E-state index is 0.0239. The number of carbonyl (C=O) groups is 1. The summed E-state index contributed by atoms with van der Waals surface area (Å²) >= 11 is 3.31. The van der Waals surface area contributed by atoms with Gasteiger partial charge in [0.25, 0.3) is 5.91 Å². The van der Waals surface area contributed by atoms with Gasteiger partial charge >= 0.3 is 0 Å². The standard InChI is InChI=1S/C15H17BrN2O3/c1-17-3-5-18(6-4-17)15(19)10-7-12(20-2)11-9-14(16)21-13(11)8-10/h7-9H,3-6H2,1-2H3. The molecule has 21 heavy (non-hydrogen) atoms. The van der Waals surface area contributed by atoms with Crippen LogP contribution in [0.15, 0.2) is 27.3 Å². The van der Waals surface area contributed by atoms with Crippen LogP contribution in [0.25, 0.3) is 11.0 Å². The Bertz CT molecular complexity index is 675. The second-order valence-corrected chi connectivity index (χ2v) is 6.02. The molecule has 0 radical (unpaired) electrons. The van der Waals surface area contributed by atoms with Gasteiger partial charge in [-0.25, -0.2) is 0 Å². The molecule has 0 N–H and O–H groups in total. The van der Waals surface area contributed by atoms with Crippen molar-refractivity contribution in [2.24, 2.45) is 0 Å². The Morgan fingerprint density at radius 2 is 1.95 bits per heavy atom. The fourth-order valence-corrected chi connectivity index (χ4v) is 2.96. The first-order valence-corrected chi connectivity index (χ1v) is 7.62. The number of amides is 1. The molecule has 0 bridgehead atoms. The van der Waals surface area contributed by atoms with Gasteiger partial charge in [-0.05, 0) is 35.1 Å². The normalized spacial score (nSPS) is 16.4. The zero-order valence-electron chi connectivity index (χ0n) is 12.1. The van der Waals surface area contributed by atoms with E-state index in [0.29, 0.717) is 21.6 Å². The molecule has 5 nitrogen and oxygen atoms in total. The molecule has 0 aliphatic carbocycles. The fraction of sp³-hybridized carbons (Fsp3) is 0.400. The number of likely N-dealkylation sites (N-methyl/N-ethyl adjacent to an activating group) is 1. The zero-order valence-corrected chi connectivity index (χ0v) is 13.6. The first-order chi connectivity index (χ1) is 10.1. The highest BCUT2D eigenvalue weighted by molar-refractivity contribution is 9.10. The number of furan rings is 1. The molecule has 1 aromatic heterocycles. The van der Waals surface area contributed by atoms with E-state index in [1.54, 1.807) is 19.2 Å². The Balaban J connectivity index is 1.94. The van der Waals surface area contributed by atoms with Gasteiger partial charge in [0.15, 0.2) is 4.67 Å². The van der Waals surface area contributed by atoms with E-state index in [9.17, 15) is 4.79 Å². The van der Waals surface area contributed by atoms with E-state index in [-0.39, 0.29) is 5.91 Å². The van der Waals surface area contributed by atoms with Crippen molar-refractivity contribution in [3.8, 4) is 5.75 Å². The lowest BCUT2D eigenvalue weighted by Gasteiger charge is -2.32. The van der Waals surface area contributed by atoms with E-state index >= 15 is 0 Å². The van der Waals surface area contributed by atoms with Gasteiger partial charge in [0, 0.05) is 37.8 Å². The van der Waals surface area contributed by atoms with Crippen LogP contribution in [0.3, 0.4) is 0 Å². The number of halogens is 1. The van der Waals surface area contributed by atoms with Crippen molar-refractivity contribution in [1.82, 2.24) is 9.80 Å². The molecule has 1 amide bonds. The third-order valence-corrected chi connectivity index (χ3v) is 4.22. The smallest absolute Gasteiger partial charge is 0.254 e. The quantitative estimate of drug-likeness (QED) is 0.833. The first kappa shape index (κ1) is 14.4. The molecule has 1 aliphatic rings. The third kappa shape index (κ3) is 2.78. The third-order valence-electron chi connectivity index (χ3n) is 3.83. The van der Waals surface area contributed by atoms with E-state index in [0.717, 1.165) is 31.6 Å². The predicted molar refractivity (Wildman–Crippen MR) is 83.9 cm³/mol. The fourth-order valence-electron chi connectivity index (χ4n) is 2.56. The summed E-state index contributed by atoms with van der Waals surface area (Å²) in [5, 5.41) is 0.860. The van der Waals surface area contributed by atoms with Crippen LogP contribution < -0.4 is 4.74 Å². The Hall–Kier alpha value is -1.53. The number of hydrogen-bond acceptors (Lipinski definition) is 4. The van der Waals surface area contributed by atoms with Crippen molar-refractivity contribution in [3.63, 3.8) is 0 Å². The topological polar surface area (TPSA) is 45.9 Å². The molecule has 1 fully saturated rings. The van der Waals surface area contributed by atoms with Gasteiger partial charge in [-0.3, -0.25) is 4.79 Å². The summed E-state index contributed by atoms with van der Waals surface area (Å²) in [7, 11) is 3.66. The van der Waals surface area contributed by atoms with Crippen LogP contribution >= 0.6 is 15.9 Å². The van der Waals surface area contributed by atoms with Gasteiger partial charge in [0.1, 0.15) is 11.3 Å². The van der Waals surface area contributed by atoms with Gasteiger partial charge in [-0.1, -0.05) is 0 Å². The summed E-state index contributed by atoms with van der Waals surface area (Å²) < 4.78 is 11.6. The predicted octanol–water partition coefficient (Wildman–Crippen LogP) is 2.59. The molecule has 2 heterocycles. The second-order valence-electron chi connectivity index (χ2n) is 5.24. The first-order valence-electron chi connectivity index (χ1n) is 6.83. The summed E-state index contributed by atoms with van der Waals surface area (Å²) in [5.41, 5.74) is 1.25. The molecular formula is C15H17BrN2O3. The number of piperazine rings is 1. The van der Waals surface area contributed by atoms with E-state index in [4.69, 9.17) is 9.15 Å². The summed E-state index contributed by atoms with van der Waals surface area (Å²) in [6, 6.07) is 5.41. The van der Waals surface area contributed by atoms with Crippen molar-refractivity contribution in [2.75, 3.05) is 40.3 Å². The number of ether oxygens (including phenoxy) is 1. The Kier molecular flexibility index (Phi) is 3.91. The average Bonchev–Trinajstić information content (AvgIpc) is 2.86. The van der Waals surface area contributed by atoms with E-state index < -0.39 is 0 Å². The average molecular weight is 353 g/mol. The van der Waals surface area contributed by atoms with Crippen LogP contribution in [0, 0.1) is 0 Å². The number of hydrogen-bond donors (Lipinski definition) is 0. The largest absolute Gasteiger partial charge is 0.496 e. The van der Waals surface area contributed by atoms with E-state index in [1.165, 1.54) is 0 Å². The van der Waals surface area contributed by atoms with Gasteiger partial charge in [-0.15, -0.1) is 0 Å². The SMILES string of the molecule is COc1cc(C(=O)N2CCN(C)CC2)cc2oc(Br)cc12. The number of rotatable bonds is 2. The zero-order chi connectivity index (χ0) is 15.0. The summed E-state index contributed by atoms with van der Waals surface area (Å²) in [4.78, 5) is 16.7. The van der Waals surface area contributed by atoms with Crippen molar-refractivity contribution in [1.29, 1.82) is 0 Å². The highest BCUT2D eigenvalue weighted by Gasteiger charge is 2.22. The Labute approximate surface area is 131 Å². The summed E-state index contributed by atoms with van der Waals surface area (Å²) in [6.45, 7) is 3.30. The lowest BCUT2D eigenvalue weighted by atomic mass is 10.1. The lowest BCUT2D eigenvalue weighted by molar-refractivity contribution is 0.0664. The van der Waals surface area contributed by atoms with Crippen molar-refractivity contribution in [2.45, 2.75) is 0 Å². The Morgan fingerprint density at radius 1 is 1.24 bits per heavy atom. The summed E-state index contributed by atoms with van der Waals surface area (Å²) in [6.07, 6.45) is 0. The molecular weight excluding hydrogens is 336 g/mol. The molecule has 0 unspecified atom stereocenters.